The van der Waals surface area contributed by atoms with E-state index in [1.165, 1.54) is 25.7 Å². The number of guanidine groups is 1. The Morgan fingerprint density at radius 3 is 2.82 bits per heavy atom. The number of rotatable bonds is 4. The molecule has 1 aliphatic rings. The van der Waals surface area contributed by atoms with Crippen LogP contribution in [-0.2, 0) is 6.54 Å². The van der Waals surface area contributed by atoms with Crippen molar-refractivity contribution in [3.05, 3.63) is 48.5 Å². The molecule has 3 rings (SSSR count). The van der Waals surface area contributed by atoms with E-state index in [0.717, 1.165) is 11.3 Å². The van der Waals surface area contributed by atoms with Gasteiger partial charge in [0.05, 0.1) is 18.6 Å². The van der Waals surface area contributed by atoms with Gasteiger partial charge < -0.3 is 15.6 Å². The molecule has 0 radical (unpaired) electrons. The molecule has 3 N–H and O–H groups in total. The Balaban J connectivity index is 0.00000176. The molecule has 1 aromatic carbocycles. The Hall–Kier alpha value is -1.57. The second kappa shape index (κ2) is 8.17. The summed E-state index contributed by atoms with van der Waals surface area (Å²) >= 11 is 0. The van der Waals surface area contributed by atoms with Crippen LogP contribution in [0.4, 0.5) is 0 Å². The lowest BCUT2D eigenvalue weighted by atomic mass is 10.2. The summed E-state index contributed by atoms with van der Waals surface area (Å²) in [6, 6.07) is 8.67. The molecule has 1 saturated carbocycles. The van der Waals surface area contributed by atoms with Gasteiger partial charge in [-0.2, -0.15) is 0 Å². The average Bonchev–Trinajstić information content (AvgIpc) is 3.18. The van der Waals surface area contributed by atoms with Crippen LogP contribution < -0.4 is 11.1 Å². The quantitative estimate of drug-likeness (QED) is 0.462. The number of nitrogens with two attached hydrogens (primary N) is 1. The molecule has 0 bridgehead atoms. The van der Waals surface area contributed by atoms with Crippen LogP contribution >= 0.6 is 24.0 Å². The standard InChI is InChI=1S/C16H21N5.HI/c17-16(20-14-6-2-3-7-14)19-11-13-5-1-4-8-15(13)21-10-9-18-12-21;/h1,4-5,8-10,12,14H,2-3,6-7,11H2,(H3,17,19,20);1H. The van der Waals surface area contributed by atoms with Crippen molar-refractivity contribution in [1.82, 2.24) is 14.9 Å². The van der Waals surface area contributed by atoms with Crippen LogP contribution in [0.5, 0.6) is 0 Å². The van der Waals surface area contributed by atoms with Gasteiger partial charge in [-0.15, -0.1) is 24.0 Å². The summed E-state index contributed by atoms with van der Waals surface area (Å²) in [6.45, 7) is 0.569. The third-order valence-corrected chi connectivity index (χ3v) is 3.90. The molecule has 118 valence electrons. The van der Waals surface area contributed by atoms with Gasteiger partial charge in [0.15, 0.2) is 5.96 Å². The van der Waals surface area contributed by atoms with E-state index in [1.807, 2.05) is 22.9 Å². The maximum atomic E-state index is 5.99. The van der Waals surface area contributed by atoms with E-state index in [4.69, 9.17) is 5.73 Å². The molecule has 2 aromatic rings. The maximum absolute atomic E-state index is 5.99. The van der Waals surface area contributed by atoms with Crippen molar-refractivity contribution in [1.29, 1.82) is 0 Å². The largest absolute Gasteiger partial charge is 0.370 e. The number of benzene rings is 1. The van der Waals surface area contributed by atoms with Gasteiger partial charge in [0, 0.05) is 18.4 Å². The highest BCUT2D eigenvalue weighted by atomic mass is 127. The molecule has 0 spiro atoms. The topological polar surface area (TPSA) is 68.2 Å². The molecule has 6 heteroatoms. The fourth-order valence-corrected chi connectivity index (χ4v) is 2.79. The predicted molar refractivity (Wildman–Crippen MR) is 99.7 cm³/mol. The van der Waals surface area contributed by atoms with Crippen molar-refractivity contribution < 1.29 is 0 Å². The normalized spacial score (nSPS) is 15.5. The first-order chi connectivity index (χ1) is 10.3. The SMILES string of the molecule is I.NC(=NCc1ccccc1-n1ccnc1)NC1CCCC1. The van der Waals surface area contributed by atoms with E-state index < -0.39 is 0 Å². The minimum absolute atomic E-state index is 0. The molecule has 5 nitrogen and oxygen atoms in total. The highest BCUT2D eigenvalue weighted by molar-refractivity contribution is 14.0. The predicted octanol–water partition coefficient (Wildman–Crippen LogP) is 2.84. The Kier molecular flexibility index (Phi) is 6.23. The molecule has 1 aliphatic carbocycles. The molecule has 1 fully saturated rings. The molecule has 0 amide bonds. The van der Waals surface area contributed by atoms with Crippen LogP contribution in [0, 0.1) is 0 Å². The molecular formula is C16H22IN5. The number of hydrogen-bond donors (Lipinski definition) is 2. The molecule has 22 heavy (non-hydrogen) atoms. The minimum atomic E-state index is 0. The molecule has 0 unspecified atom stereocenters. The van der Waals surface area contributed by atoms with E-state index in [0.29, 0.717) is 18.5 Å². The highest BCUT2D eigenvalue weighted by Crippen LogP contribution is 2.18. The zero-order chi connectivity index (χ0) is 14.5. The molecule has 0 saturated heterocycles. The van der Waals surface area contributed by atoms with Gasteiger partial charge in [-0.25, -0.2) is 9.98 Å². The first kappa shape index (κ1) is 16.8. The first-order valence-electron chi connectivity index (χ1n) is 7.45. The number of nitrogens with one attached hydrogen (secondary N) is 1. The van der Waals surface area contributed by atoms with Crippen LogP contribution in [0.3, 0.4) is 0 Å². The van der Waals surface area contributed by atoms with E-state index in [-0.39, 0.29) is 24.0 Å². The van der Waals surface area contributed by atoms with Crippen LogP contribution in [0.1, 0.15) is 31.2 Å². The van der Waals surface area contributed by atoms with Crippen molar-refractivity contribution in [2.75, 3.05) is 0 Å². The number of imidazole rings is 1. The second-order valence-corrected chi connectivity index (χ2v) is 5.43. The number of aromatic nitrogens is 2. The summed E-state index contributed by atoms with van der Waals surface area (Å²) in [6.07, 6.45) is 10.5. The van der Waals surface area contributed by atoms with E-state index >= 15 is 0 Å². The van der Waals surface area contributed by atoms with Crippen LogP contribution in [0.2, 0.25) is 0 Å². The molecule has 0 aliphatic heterocycles. The number of hydrogen-bond acceptors (Lipinski definition) is 2. The Morgan fingerprint density at radius 2 is 2.09 bits per heavy atom. The van der Waals surface area contributed by atoms with Crippen molar-refractivity contribution >= 4 is 29.9 Å². The Bertz CT molecular complexity index is 603. The smallest absolute Gasteiger partial charge is 0.189 e. The number of halogens is 1. The lowest BCUT2D eigenvalue weighted by molar-refractivity contribution is 0.625. The van der Waals surface area contributed by atoms with Crippen LogP contribution in [-0.4, -0.2) is 21.6 Å². The van der Waals surface area contributed by atoms with E-state index in [1.54, 1.807) is 12.5 Å². The lowest BCUT2D eigenvalue weighted by Gasteiger charge is -2.13. The number of para-hydroxylation sites is 1. The van der Waals surface area contributed by atoms with Crippen molar-refractivity contribution in [3.8, 4) is 5.69 Å². The Labute approximate surface area is 148 Å². The summed E-state index contributed by atoms with van der Waals surface area (Å²) in [4.78, 5) is 8.57. The van der Waals surface area contributed by atoms with Gasteiger partial charge in [-0.05, 0) is 24.5 Å². The average molecular weight is 411 g/mol. The van der Waals surface area contributed by atoms with E-state index in [2.05, 4.69) is 27.4 Å². The third-order valence-electron chi connectivity index (χ3n) is 3.90. The number of nitrogens with zero attached hydrogens (tertiary/aromatic N) is 3. The fraction of sp³-hybridized carbons (Fsp3) is 0.375. The molecule has 1 aromatic heterocycles. The van der Waals surface area contributed by atoms with Gasteiger partial charge in [0.25, 0.3) is 0 Å². The Morgan fingerprint density at radius 1 is 1.32 bits per heavy atom. The van der Waals surface area contributed by atoms with E-state index in [9.17, 15) is 0 Å². The lowest BCUT2D eigenvalue weighted by Crippen LogP contribution is -2.38. The molecule has 0 atom stereocenters. The van der Waals surface area contributed by atoms with Gasteiger partial charge in [0.2, 0.25) is 0 Å². The van der Waals surface area contributed by atoms with Crippen LogP contribution in [0.25, 0.3) is 5.69 Å². The monoisotopic (exact) mass is 411 g/mol. The minimum Gasteiger partial charge on any atom is -0.370 e. The number of aliphatic imine (C=N–C) groups is 1. The van der Waals surface area contributed by atoms with Crippen molar-refractivity contribution in [2.45, 2.75) is 38.3 Å². The van der Waals surface area contributed by atoms with Crippen molar-refractivity contribution in [3.63, 3.8) is 0 Å². The zero-order valence-corrected chi connectivity index (χ0v) is 14.8. The summed E-state index contributed by atoms with van der Waals surface area (Å²) in [5, 5.41) is 3.31. The highest BCUT2D eigenvalue weighted by Gasteiger charge is 2.14. The van der Waals surface area contributed by atoms with Gasteiger partial charge in [-0.1, -0.05) is 31.0 Å². The fourth-order valence-electron chi connectivity index (χ4n) is 2.79. The summed E-state index contributed by atoms with van der Waals surface area (Å²) in [5.74, 6) is 0.544. The first-order valence-corrected chi connectivity index (χ1v) is 7.45. The second-order valence-electron chi connectivity index (χ2n) is 5.43. The summed E-state index contributed by atoms with van der Waals surface area (Å²) < 4.78 is 1.99. The van der Waals surface area contributed by atoms with Crippen molar-refractivity contribution in [2.24, 2.45) is 10.7 Å². The zero-order valence-electron chi connectivity index (χ0n) is 12.5. The maximum Gasteiger partial charge on any atom is 0.189 e. The third kappa shape index (κ3) is 4.22. The summed E-state index contributed by atoms with van der Waals surface area (Å²) in [5.41, 5.74) is 8.21. The van der Waals surface area contributed by atoms with Gasteiger partial charge >= 0.3 is 0 Å². The summed E-state index contributed by atoms with van der Waals surface area (Å²) in [7, 11) is 0. The molecular weight excluding hydrogens is 389 g/mol. The van der Waals surface area contributed by atoms with Gasteiger partial charge in [-0.3, -0.25) is 0 Å². The van der Waals surface area contributed by atoms with Gasteiger partial charge in [0.1, 0.15) is 0 Å². The molecule has 1 heterocycles. The van der Waals surface area contributed by atoms with Crippen LogP contribution in [0.15, 0.2) is 48.0 Å².